The zero-order chi connectivity index (χ0) is 18.2. The van der Waals surface area contributed by atoms with Crippen molar-refractivity contribution in [1.29, 1.82) is 0 Å². The molecule has 2 rings (SSSR count). The first-order valence-electron chi connectivity index (χ1n) is 8.55. The normalized spacial score (nSPS) is 16.4. The molecule has 1 saturated heterocycles. The van der Waals surface area contributed by atoms with Crippen molar-refractivity contribution in [2.75, 3.05) is 45.9 Å². The first kappa shape index (κ1) is 19.2. The number of aliphatic hydroxyl groups excluding tert-OH is 1. The Bertz CT molecular complexity index is 585. The molecule has 138 valence electrons. The molecular weight excluding hydrogens is 324 g/mol. The topological polar surface area (TPSA) is 79.3 Å². The molecule has 1 N–H and O–H groups in total. The third-order valence-corrected chi connectivity index (χ3v) is 4.07. The molecule has 0 radical (unpaired) electrons. The maximum absolute atomic E-state index is 11.7. The highest BCUT2D eigenvalue weighted by Crippen LogP contribution is 2.15. The van der Waals surface area contributed by atoms with Gasteiger partial charge in [-0.3, -0.25) is 9.69 Å². The van der Waals surface area contributed by atoms with E-state index in [0.717, 1.165) is 13.1 Å². The van der Waals surface area contributed by atoms with Crippen LogP contribution in [0.15, 0.2) is 24.3 Å². The molecule has 7 nitrogen and oxygen atoms in total. The summed E-state index contributed by atoms with van der Waals surface area (Å²) in [6.07, 6.45) is -0.643. The summed E-state index contributed by atoms with van der Waals surface area (Å²) >= 11 is 0. The third kappa shape index (κ3) is 6.03. The Labute approximate surface area is 148 Å². The SMILES string of the molecule is CCOC(=O)c1cccc(OC[C@H](O)CN2CCN(C(C)=O)CC2)c1. The van der Waals surface area contributed by atoms with Crippen molar-refractivity contribution in [2.24, 2.45) is 0 Å². The molecule has 0 saturated carbocycles. The van der Waals surface area contributed by atoms with Gasteiger partial charge in [-0.2, -0.15) is 0 Å². The fourth-order valence-corrected chi connectivity index (χ4v) is 2.72. The summed E-state index contributed by atoms with van der Waals surface area (Å²) in [5.41, 5.74) is 0.425. The van der Waals surface area contributed by atoms with Gasteiger partial charge in [0.15, 0.2) is 0 Å². The van der Waals surface area contributed by atoms with Gasteiger partial charge in [0, 0.05) is 39.6 Å². The van der Waals surface area contributed by atoms with Gasteiger partial charge >= 0.3 is 5.97 Å². The molecule has 1 fully saturated rings. The van der Waals surface area contributed by atoms with E-state index >= 15 is 0 Å². The lowest BCUT2D eigenvalue weighted by molar-refractivity contribution is -0.130. The van der Waals surface area contributed by atoms with Gasteiger partial charge in [0.05, 0.1) is 12.2 Å². The lowest BCUT2D eigenvalue weighted by Crippen LogP contribution is -2.50. The summed E-state index contributed by atoms with van der Waals surface area (Å²) in [6.45, 7) is 7.13. The molecule has 25 heavy (non-hydrogen) atoms. The Morgan fingerprint density at radius 1 is 1.24 bits per heavy atom. The Morgan fingerprint density at radius 2 is 1.96 bits per heavy atom. The van der Waals surface area contributed by atoms with Crippen LogP contribution in [0.3, 0.4) is 0 Å². The summed E-state index contributed by atoms with van der Waals surface area (Å²) in [5.74, 6) is 0.216. The number of benzene rings is 1. The minimum Gasteiger partial charge on any atom is -0.491 e. The highest BCUT2D eigenvalue weighted by atomic mass is 16.5. The summed E-state index contributed by atoms with van der Waals surface area (Å²) in [6, 6.07) is 6.72. The van der Waals surface area contributed by atoms with Crippen LogP contribution in [-0.4, -0.2) is 78.8 Å². The number of ether oxygens (including phenoxy) is 2. The van der Waals surface area contributed by atoms with Crippen LogP contribution in [0, 0.1) is 0 Å². The number of esters is 1. The van der Waals surface area contributed by atoms with Crippen molar-refractivity contribution in [1.82, 2.24) is 9.80 Å². The van der Waals surface area contributed by atoms with E-state index in [1.807, 2.05) is 0 Å². The lowest BCUT2D eigenvalue weighted by Gasteiger charge is -2.35. The summed E-state index contributed by atoms with van der Waals surface area (Å²) in [5, 5.41) is 10.2. The molecule has 1 aliphatic rings. The number of β-amino-alcohol motifs (C(OH)–C–C–N with tert-alkyl or cyclic N) is 1. The molecule has 0 aliphatic carbocycles. The number of aliphatic hydroxyl groups is 1. The maximum atomic E-state index is 11.7. The van der Waals surface area contributed by atoms with Crippen LogP contribution >= 0.6 is 0 Å². The standard InChI is InChI=1S/C18H26N2O5/c1-3-24-18(23)15-5-4-6-17(11-15)25-13-16(22)12-19-7-9-20(10-8-19)14(2)21/h4-6,11,16,22H,3,7-10,12-13H2,1-2H3/t16-/m1/s1. The number of hydrogen-bond donors (Lipinski definition) is 1. The molecule has 1 heterocycles. The molecule has 0 aromatic heterocycles. The Morgan fingerprint density at radius 3 is 2.60 bits per heavy atom. The third-order valence-electron chi connectivity index (χ3n) is 4.07. The predicted molar refractivity (Wildman–Crippen MR) is 92.6 cm³/mol. The maximum Gasteiger partial charge on any atom is 0.338 e. The average molecular weight is 350 g/mol. The van der Waals surface area contributed by atoms with Crippen LogP contribution in [0.4, 0.5) is 0 Å². The molecule has 1 aromatic carbocycles. The summed E-state index contributed by atoms with van der Waals surface area (Å²) in [4.78, 5) is 26.9. The van der Waals surface area contributed by atoms with Crippen LogP contribution in [0.1, 0.15) is 24.2 Å². The molecular formula is C18H26N2O5. The van der Waals surface area contributed by atoms with Crippen molar-refractivity contribution in [3.63, 3.8) is 0 Å². The van der Waals surface area contributed by atoms with Gasteiger partial charge < -0.3 is 19.5 Å². The summed E-state index contributed by atoms with van der Waals surface area (Å²) in [7, 11) is 0. The van der Waals surface area contributed by atoms with E-state index in [4.69, 9.17) is 9.47 Å². The predicted octanol–water partition coefficient (Wildman–Crippen LogP) is 0.767. The fourth-order valence-electron chi connectivity index (χ4n) is 2.72. The van der Waals surface area contributed by atoms with E-state index in [9.17, 15) is 14.7 Å². The van der Waals surface area contributed by atoms with Crippen molar-refractivity contribution in [2.45, 2.75) is 20.0 Å². The second kappa shape index (κ2) is 9.39. The highest BCUT2D eigenvalue weighted by Gasteiger charge is 2.20. The average Bonchev–Trinajstić information content (AvgIpc) is 2.61. The molecule has 1 atom stereocenters. The molecule has 0 bridgehead atoms. The van der Waals surface area contributed by atoms with Crippen LogP contribution in [-0.2, 0) is 9.53 Å². The molecule has 1 aliphatic heterocycles. The minimum atomic E-state index is -0.643. The monoisotopic (exact) mass is 350 g/mol. The Kier molecular flexibility index (Phi) is 7.21. The van der Waals surface area contributed by atoms with E-state index in [1.54, 1.807) is 43.0 Å². The van der Waals surface area contributed by atoms with Gasteiger partial charge in [-0.1, -0.05) is 6.07 Å². The molecule has 7 heteroatoms. The number of carbonyl (C=O) groups excluding carboxylic acids is 2. The van der Waals surface area contributed by atoms with Gasteiger partial charge in [-0.05, 0) is 25.1 Å². The highest BCUT2D eigenvalue weighted by molar-refractivity contribution is 5.89. The van der Waals surface area contributed by atoms with Crippen molar-refractivity contribution in [3.05, 3.63) is 29.8 Å². The quantitative estimate of drug-likeness (QED) is 0.732. The fraction of sp³-hybridized carbons (Fsp3) is 0.556. The second-order valence-corrected chi connectivity index (χ2v) is 6.02. The van der Waals surface area contributed by atoms with Crippen molar-refractivity contribution in [3.8, 4) is 5.75 Å². The Hall–Kier alpha value is -2.12. The summed E-state index contributed by atoms with van der Waals surface area (Å²) < 4.78 is 10.5. The Balaban J connectivity index is 1.77. The van der Waals surface area contributed by atoms with Gasteiger partial charge in [-0.25, -0.2) is 4.79 Å². The minimum absolute atomic E-state index is 0.0880. The van der Waals surface area contributed by atoms with Crippen molar-refractivity contribution < 1.29 is 24.2 Å². The second-order valence-electron chi connectivity index (χ2n) is 6.02. The number of hydrogen-bond acceptors (Lipinski definition) is 6. The molecule has 1 aromatic rings. The zero-order valence-electron chi connectivity index (χ0n) is 14.8. The largest absolute Gasteiger partial charge is 0.491 e. The zero-order valence-corrected chi connectivity index (χ0v) is 14.8. The van der Waals surface area contributed by atoms with Crippen molar-refractivity contribution >= 4 is 11.9 Å². The van der Waals surface area contributed by atoms with Gasteiger partial charge in [0.1, 0.15) is 18.5 Å². The molecule has 0 spiro atoms. The van der Waals surface area contributed by atoms with E-state index in [1.165, 1.54) is 0 Å². The number of nitrogens with zero attached hydrogens (tertiary/aromatic N) is 2. The number of carbonyl (C=O) groups is 2. The first-order chi connectivity index (χ1) is 12.0. The van der Waals surface area contributed by atoms with Crippen LogP contribution in [0.5, 0.6) is 5.75 Å². The van der Waals surface area contributed by atoms with Crippen LogP contribution < -0.4 is 4.74 Å². The number of amides is 1. The number of piperazine rings is 1. The number of rotatable bonds is 7. The van der Waals surface area contributed by atoms with Gasteiger partial charge in [0.25, 0.3) is 0 Å². The van der Waals surface area contributed by atoms with Gasteiger partial charge in [-0.15, -0.1) is 0 Å². The molecule has 0 unspecified atom stereocenters. The van der Waals surface area contributed by atoms with E-state index in [-0.39, 0.29) is 12.5 Å². The van der Waals surface area contributed by atoms with E-state index < -0.39 is 12.1 Å². The van der Waals surface area contributed by atoms with Crippen LogP contribution in [0.25, 0.3) is 0 Å². The van der Waals surface area contributed by atoms with E-state index in [2.05, 4.69) is 4.90 Å². The lowest BCUT2D eigenvalue weighted by atomic mass is 10.2. The van der Waals surface area contributed by atoms with Crippen LogP contribution in [0.2, 0.25) is 0 Å². The first-order valence-corrected chi connectivity index (χ1v) is 8.55. The molecule has 1 amide bonds. The van der Waals surface area contributed by atoms with Gasteiger partial charge in [0.2, 0.25) is 5.91 Å². The smallest absolute Gasteiger partial charge is 0.338 e. The van der Waals surface area contributed by atoms with E-state index in [0.29, 0.717) is 37.6 Å².